The molecule has 3 rings (SSSR count). The molecule has 0 aromatic heterocycles. The van der Waals surface area contributed by atoms with E-state index in [1.807, 2.05) is 23.1 Å². The smallest absolute Gasteiger partial charge is 0.414 e. The third-order valence-corrected chi connectivity index (χ3v) is 4.69. The van der Waals surface area contributed by atoms with Gasteiger partial charge in [-0.1, -0.05) is 18.2 Å². The van der Waals surface area contributed by atoms with E-state index in [-0.39, 0.29) is 16.5 Å². The van der Waals surface area contributed by atoms with Crippen LogP contribution in [0.25, 0.3) is 0 Å². The van der Waals surface area contributed by atoms with Gasteiger partial charge in [-0.3, -0.25) is 19.8 Å². The molecule has 1 fully saturated rings. The second-order valence-corrected chi connectivity index (χ2v) is 6.84. The van der Waals surface area contributed by atoms with Gasteiger partial charge in [-0.15, -0.1) is 0 Å². The fourth-order valence-electron chi connectivity index (χ4n) is 3.07. The first kappa shape index (κ1) is 24.3. The minimum absolute atomic E-state index is 0.00102. The molecule has 2 aromatic rings. The molecule has 11 nitrogen and oxygen atoms in total. The zero-order chi connectivity index (χ0) is 23.7. The first-order valence-electron chi connectivity index (χ1n) is 9.56. The van der Waals surface area contributed by atoms with Gasteiger partial charge in [0.05, 0.1) is 12.0 Å². The number of hydrogen-bond donors (Lipinski definition) is 2. The number of benzene rings is 2. The van der Waals surface area contributed by atoms with Crippen LogP contribution < -0.4 is 4.74 Å². The molecule has 0 saturated carbocycles. The first-order valence-corrected chi connectivity index (χ1v) is 9.56. The van der Waals surface area contributed by atoms with Crippen LogP contribution in [-0.2, 0) is 16.1 Å². The Morgan fingerprint density at radius 1 is 1.00 bits per heavy atom. The Bertz CT molecular complexity index is 975. The van der Waals surface area contributed by atoms with Crippen LogP contribution in [0.15, 0.2) is 48.5 Å². The van der Waals surface area contributed by atoms with Crippen molar-refractivity contribution in [3.8, 4) is 5.75 Å². The fourth-order valence-corrected chi connectivity index (χ4v) is 3.07. The molecule has 1 aliphatic rings. The normalized spacial score (nSPS) is 13.5. The molecule has 0 bridgehead atoms. The second-order valence-electron chi connectivity index (χ2n) is 6.84. The summed E-state index contributed by atoms with van der Waals surface area (Å²) in [4.78, 5) is 45.4. The number of piperazine rings is 1. The number of amides is 1. The molecule has 0 aliphatic carbocycles. The number of carbonyl (C=O) groups is 3. The first-order chi connectivity index (χ1) is 15.2. The third-order valence-electron chi connectivity index (χ3n) is 4.69. The van der Waals surface area contributed by atoms with Gasteiger partial charge in [0, 0.05) is 50.4 Å². The summed E-state index contributed by atoms with van der Waals surface area (Å²) in [5, 5.41) is 25.7. The van der Waals surface area contributed by atoms with Crippen molar-refractivity contribution < 1.29 is 34.3 Å². The Hall–Kier alpha value is -3.99. The molecule has 2 aromatic carbocycles. The van der Waals surface area contributed by atoms with E-state index in [9.17, 15) is 14.9 Å². The topological polar surface area (TPSA) is 151 Å². The largest absolute Gasteiger partial charge is 0.497 e. The Labute approximate surface area is 183 Å². The zero-order valence-corrected chi connectivity index (χ0v) is 17.3. The predicted molar refractivity (Wildman–Crippen MR) is 113 cm³/mol. The van der Waals surface area contributed by atoms with Crippen LogP contribution in [0.2, 0.25) is 0 Å². The quantitative estimate of drug-likeness (QED) is 0.398. The Kier molecular flexibility index (Phi) is 8.66. The second kappa shape index (κ2) is 11.4. The van der Waals surface area contributed by atoms with Crippen molar-refractivity contribution in [3.05, 3.63) is 69.8 Å². The minimum atomic E-state index is -1.82. The Morgan fingerprint density at radius 3 is 2.19 bits per heavy atom. The number of hydrogen-bond acceptors (Lipinski definition) is 7. The van der Waals surface area contributed by atoms with E-state index >= 15 is 0 Å². The lowest BCUT2D eigenvalue weighted by Gasteiger charge is -2.34. The van der Waals surface area contributed by atoms with Gasteiger partial charge in [0.1, 0.15) is 5.75 Å². The van der Waals surface area contributed by atoms with Crippen LogP contribution in [0, 0.1) is 10.1 Å². The lowest BCUT2D eigenvalue weighted by molar-refractivity contribution is -0.384. The monoisotopic (exact) mass is 445 g/mol. The zero-order valence-electron chi connectivity index (χ0n) is 17.3. The average Bonchev–Trinajstić information content (AvgIpc) is 2.79. The molecule has 170 valence electrons. The molecule has 2 N–H and O–H groups in total. The summed E-state index contributed by atoms with van der Waals surface area (Å²) in [6, 6.07) is 13.9. The number of nitrogens with zero attached hydrogens (tertiary/aromatic N) is 3. The van der Waals surface area contributed by atoms with E-state index in [4.69, 9.17) is 24.5 Å². The lowest BCUT2D eigenvalue weighted by atomic mass is 10.1. The fraction of sp³-hybridized carbons (Fsp3) is 0.286. The number of methoxy groups -OCH3 is 1. The van der Waals surface area contributed by atoms with Gasteiger partial charge >= 0.3 is 11.9 Å². The molecule has 1 aliphatic heterocycles. The SMILES string of the molecule is COc1cccc(C(=O)N2CCN(Cc3cccc([N+](=O)[O-])c3)CC2)c1.O=C(O)C(=O)O. The standard InChI is InChI=1S/C19H21N3O4.C2H2O4/c1-26-18-7-3-5-16(13-18)19(23)21-10-8-20(9-11-21)14-15-4-2-6-17(12-15)22(24)25;3-1(4)2(5)6/h2-7,12-13H,8-11,14H2,1H3;(H,3,4)(H,5,6). The maximum Gasteiger partial charge on any atom is 0.414 e. The summed E-state index contributed by atoms with van der Waals surface area (Å²) in [7, 11) is 1.58. The van der Waals surface area contributed by atoms with Gasteiger partial charge in [0.15, 0.2) is 0 Å². The van der Waals surface area contributed by atoms with Gasteiger partial charge in [-0.2, -0.15) is 0 Å². The van der Waals surface area contributed by atoms with E-state index in [2.05, 4.69) is 4.90 Å². The number of ether oxygens (including phenoxy) is 1. The number of non-ortho nitro benzene ring substituents is 1. The molecule has 1 heterocycles. The van der Waals surface area contributed by atoms with Crippen molar-refractivity contribution in [2.24, 2.45) is 0 Å². The number of nitro groups is 1. The van der Waals surface area contributed by atoms with E-state index in [1.165, 1.54) is 6.07 Å². The molecular formula is C21H23N3O8. The van der Waals surface area contributed by atoms with Crippen molar-refractivity contribution in [1.29, 1.82) is 0 Å². The molecule has 32 heavy (non-hydrogen) atoms. The van der Waals surface area contributed by atoms with Gasteiger partial charge in [0.2, 0.25) is 0 Å². The number of carbonyl (C=O) groups excluding carboxylic acids is 1. The molecule has 0 radical (unpaired) electrons. The molecule has 1 amide bonds. The molecule has 0 unspecified atom stereocenters. The lowest BCUT2D eigenvalue weighted by Crippen LogP contribution is -2.48. The number of carboxylic acids is 2. The van der Waals surface area contributed by atoms with Crippen molar-refractivity contribution in [3.63, 3.8) is 0 Å². The highest BCUT2D eigenvalue weighted by atomic mass is 16.6. The van der Waals surface area contributed by atoms with E-state index < -0.39 is 11.9 Å². The van der Waals surface area contributed by atoms with Crippen molar-refractivity contribution in [2.75, 3.05) is 33.3 Å². The van der Waals surface area contributed by atoms with Crippen molar-refractivity contribution in [2.45, 2.75) is 6.54 Å². The van der Waals surface area contributed by atoms with Gasteiger partial charge in [-0.25, -0.2) is 9.59 Å². The Morgan fingerprint density at radius 2 is 1.62 bits per heavy atom. The van der Waals surface area contributed by atoms with E-state index in [1.54, 1.807) is 31.4 Å². The molecule has 0 spiro atoms. The summed E-state index contributed by atoms with van der Waals surface area (Å²) < 4.78 is 5.18. The van der Waals surface area contributed by atoms with Crippen molar-refractivity contribution >= 4 is 23.5 Å². The summed E-state index contributed by atoms with van der Waals surface area (Å²) in [5.74, 6) is -2.98. The third kappa shape index (κ3) is 7.06. The van der Waals surface area contributed by atoms with Crippen LogP contribution in [0.5, 0.6) is 5.75 Å². The van der Waals surface area contributed by atoms with E-state index in [0.717, 1.165) is 18.7 Å². The summed E-state index contributed by atoms with van der Waals surface area (Å²) in [5.41, 5.74) is 1.64. The maximum atomic E-state index is 12.6. The molecule has 11 heteroatoms. The summed E-state index contributed by atoms with van der Waals surface area (Å²) in [6.07, 6.45) is 0. The van der Waals surface area contributed by atoms with Crippen molar-refractivity contribution in [1.82, 2.24) is 9.80 Å². The van der Waals surface area contributed by atoms with Gasteiger partial charge in [-0.05, 0) is 23.8 Å². The summed E-state index contributed by atoms with van der Waals surface area (Å²) >= 11 is 0. The van der Waals surface area contributed by atoms with Crippen LogP contribution in [0.3, 0.4) is 0 Å². The Balaban J connectivity index is 0.000000534. The van der Waals surface area contributed by atoms with Crippen LogP contribution in [0.1, 0.15) is 15.9 Å². The minimum Gasteiger partial charge on any atom is -0.497 e. The van der Waals surface area contributed by atoms with Crippen LogP contribution in [-0.4, -0.2) is 76.1 Å². The van der Waals surface area contributed by atoms with Crippen LogP contribution in [0.4, 0.5) is 5.69 Å². The highest BCUT2D eigenvalue weighted by Gasteiger charge is 2.22. The number of aliphatic carboxylic acids is 2. The van der Waals surface area contributed by atoms with Crippen LogP contribution >= 0.6 is 0 Å². The average molecular weight is 445 g/mol. The predicted octanol–water partition coefficient (Wildman–Crippen LogP) is 1.72. The number of nitro benzene ring substituents is 1. The number of rotatable bonds is 5. The van der Waals surface area contributed by atoms with E-state index in [0.29, 0.717) is 30.9 Å². The highest BCUT2D eigenvalue weighted by molar-refractivity contribution is 6.27. The highest BCUT2D eigenvalue weighted by Crippen LogP contribution is 2.18. The molecular weight excluding hydrogens is 422 g/mol. The summed E-state index contributed by atoms with van der Waals surface area (Å²) in [6.45, 7) is 3.37. The van der Waals surface area contributed by atoms with Gasteiger partial charge in [0.25, 0.3) is 11.6 Å². The number of carboxylic acid groups (broad SMARTS) is 2. The van der Waals surface area contributed by atoms with Gasteiger partial charge < -0.3 is 19.8 Å². The molecule has 0 atom stereocenters. The maximum absolute atomic E-state index is 12.6. The molecule has 1 saturated heterocycles.